The summed E-state index contributed by atoms with van der Waals surface area (Å²) in [5, 5.41) is 9.56. The first-order chi connectivity index (χ1) is 5.29. The number of benzene rings is 1. The molecule has 0 heterocycles. The van der Waals surface area contributed by atoms with Gasteiger partial charge in [-0.25, -0.2) is 0 Å². The van der Waals surface area contributed by atoms with Crippen molar-refractivity contribution in [3.05, 3.63) is 34.9 Å². The number of aliphatic hydroxyl groups excluding tert-OH is 1. The minimum atomic E-state index is -0.203. The maximum Gasteiger partial charge on any atom is 0.0798 e. The van der Waals surface area contributed by atoms with Crippen molar-refractivity contribution >= 4 is 0 Å². The predicted molar refractivity (Wildman–Crippen MR) is 44.5 cm³/mol. The van der Waals surface area contributed by atoms with Crippen molar-refractivity contribution in [1.82, 2.24) is 0 Å². The van der Waals surface area contributed by atoms with E-state index < -0.39 is 0 Å². The Morgan fingerprint density at radius 2 is 2.27 bits per heavy atom. The van der Waals surface area contributed by atoms with Crippen molar-refractivity contribution in [3.8, 4) is 0 Å². The molecule has 0 spiro atoms. The second kappa shape index (κ2) is 2.35. The summed E-state index contributed by atoms with van der Waals surface area (Å²) in [6.07, 6.45) is 1.74. The van der Waals surface area contributed by atoms with Crippen molar-refractivity contribution in [2.45, 2.75) is 25.9 Å². The molecule has 2 rings (SSSR count). The van der Waals surface area contributed by atoms with Crippen molar-refractivity contribution in [1.29, 1.82) is 0 Å². The summed E-state index contributed by atoms with van der Waals surface area (Å²) in [7, 11) is 0. The van der Waals surface area contributed by atoms with Crippen LogP contribution in [0.15, 0.2) is 18.2 Å². The Labute approximate surface area is 66.7 Å². The molecule has 0 unspecified atom stereocenters. The lowest BCUT2D eigenvalue weighted by atomic mass is 10.0. The molecule has 1 aliphatic rings. The fourth-order valence-corrected chi connectivity index (χ4v) is 1.87. The topological polar surface area (TPSA) is 20.2 Å². The Kier molecular flexibility index (Phi) is 1.46. The fraction of sp³-hybridized carbons (Fsp3) is 0.400. The first-order valence-electron chi connectivity index (χ1n) is 4.05. The van der Waals surface area contributed by atoms with Gasteiger partial charge in [-0.15, -0.1) is 0 Å². The molecule has 1 aromatic carbocycles. The van der Waals surface area contributed by atoms with Gasteiger partial charge in [0, 0.05) is 0 Å². The average Bonchev–Trinajstić information content (AvgIpc) is 2.34. The van der Waals surface area contributed by atoms with Gasteiger partial charge in [0.05, 0.1) is 6.10 Å². The van der Waals surface area contributed by atoms with E-state index in [1.165, 1.54) is 16.7 Å². The summed E-state index contributed by atoms with van der Waals surface area (Å²) in [6.45, 7) is 2.06. The van der Waals surface area contributed by atoms with Crippen molar-refractivity contribution < 1.29 is 5.11 Å². The lowest BCUT2D eigenvalue weighted by Gasteiger charge is -2.06. The third kappa shape index (κ3) is 0.962. The van der Waals surface area contributed by atoms with Crippen LogP contribution < -0.4 is 0 Å². The number of hydrogen-bond donors (Lipinski definition) is 1. The van der Waals surface area contributed by atoms with Crippen LogP contribution in [-0.2, 0) is 6.42 Å². The van der Waals surface area contributed by atoms with Crippen LogP contribution in [0.4, 0.5) is 0 Å². The third-order valence-corrected chi connectivity index (χ3v) is 2.43. The molecule has 1 aromatic rings. The van der Waals surface area contributed by atoms with Crippen molar-refractivity contribution in [2.24, 2.45) is 0 Å². The van der Waals surface area contributed by atoms with Gasteiger partial charge in [0.1, 0.15) is 0 Å². The summed E-state index contributed by atoms with van der Waals surface area (Å²) in [5.74, 6) is 0. The van der Waals surface area contributed by atoms with Crippen LogP contribution >= 0.6 is 0 Å². The normalized spacial score (nSPS) is 21.8. The van der Waals surface area contributed by atoms with Gasteiger partial charge in [-0.3, -0.25) is 0 Å². The smallest absolute Gasteiger partial charge is 0.0798 e. The first kappa shape index (κ1) is 6.86. The molecule has 1 N–H and O–H groups in total. The molecule has 11 heavy (non-hydrogen) atoms. The summed E-state index contributed by atoms with van der Waals surface area (Å²) in [4.78, 5) is 0. The lowest BCUT2D eigenvalue weighted by Crippen LogP contribution is -1.93. The van der Waals surface area contributed by atoms with E-state index in [4.69, 9.17) is 0 Å². The molecule has 0 amide bonds. The zero-order valence-corrected chi connectivity index (χ0v) is 6.67. The Balaban J connectivity index is 2.58. The third-order valence-electron chi connectivity index (χ3n) is 2.43. The minimum absolute atomic E-state index is 0.203. The van der Waals surface area contributed by atoms with Gasteiger partial charge in [0.2, 0.25) is 0 Å². The first-order valence-corrected chi connectivity index (χ1v) is 4.05. The maximum atomic E-state index is 9.56. The SMILES string of the molecule is Cc1cccc2c1[C@H](O)CC2. The van der Waals surface area contributed by atoms with Gasteiger partial charge in [0.15, 0.2) is 0 Å². The van der Waals surface area contributed by atoms with Crippen LogP contribution in [0.25, 0.3) is 0 Å². The molecule has 0 fully saturated rings. The Bertz CT molecular complexity index is 278. The van der Waals surface area contributed by atoms with E-state index in [1.807, 2.05) is 0 Å². The molecule has 1 nitrogen and oxygen atoms in total. The lowest BCUT2D eigenvalue weighted by molar-refractivity contribution is 0.179. The van der Waals surface area contributed by atoms with Crippen LogP contribution in [0.3, 0.4) is 0 Å². The van der Waals surface area contributed by atoms with E-state index in [0.717, 1.165) is 12.8 Å². The Hall–Kier alpha value is -0.820. The molecule has 0 aliphatic heterocycles. The molecule has 0 saturated carbocycles. The Morgan fingerprint density at radius 3 is 3.00 bits per heavy atom. The second-order valence-electron chi connectivity index (χ2n) is 3.20. The summed E-state index contributed by atoms with van der Waals surface area (Å²) >= 11 is 0. The summed E-state index contributed by atoms with van der Waals surface area (Å²) in [6, 6.07) is 6.23. The molecule has 0 radical (unpaired) electrons. The molecule has 58 valence electrons. The molecular formula is C10H12O. The van der Waals surface area contributed by atoms with Gasteiger partial charge in [-0.05, 0) is 36.5 Å². The van der Waals surface area contributed by atoms with E-state index in [9.17, 15) is 5.11 Å². The molecular weight excluding hydrogens is 136 g/mol. The summed E-state index contributed by atoms with van der Waals surface area (Å²) < 4.78 is 0. The molecule has 1 heteroatoms. The highest BCUT2D eigenvalue weighted by Crippen LogP contribution is 2.32. The second-order valence-corrected chi connectivity index (χ2v) is 3.20. The highest BCUT2D eigenvalue weighted by atomic mass is 16.3. The van der Waals surface area contributed by atoms with Crippen LogP contribution in [0.5, 0.6) is 0 Å². The number of hydrogen-bond acceptors (Lipinski definition) is 1. The number of aliphatic hydroxyl groups is 1. The van der Waals surface area contributed by atoms with Crippen molar-refractivity contribution in [3.63, 3.8) is 0 Å². The zero-order valence-electron chi connectivity index (χ0n) is 6.67. The average molecular weight is 148 g/mol. The van der Waals surface area contributed by atoms with E-state index in [0.29, 0.717) is 0 Å². The van der Waals surface area contributed by atoms with Crippen LogP contribution in [0.2, 0.25) is 0 Å². The van der Waals surface area contributed by atoms with Gasteiger partial charge >= 0.3 is 0 Å². The van der Waals surface area contributed by atoms with E-state index in [1.54, 1.807) is 0 Å². The number of fused-ring (bicyclic) bond motifs is 1. The Morgan fingerprint density at radius 1 is 1.45 bits per heavy atom. The molecule has 0 aromatic heterocycles. The fourth-order valence-electron chi connectivity index (χ4n) is 1.87. The molecule has 1 aliphatic carbocycles. The van der Waals surface area contributed by atoms with Crippen LogP contribution in [0, 0.1) is 6.92 Å². The monoisotopic (exact) mass is 148 g/mol. The predicted octanol–water partition coefficient (Wildman–Crippen LogP) is 1.97. The highest BCUT2D eigenvalue weighted by molar-refractivity contribution is 5.39. The standard InChI is InChI=1S/C10H12O/c1-7-3-2-4-8-5-6-9(11)10(7)8/h2-4,9,11H,5-6H2,1H3/t9-/m1/s1. The number of rotatable bonds is 0. The molecule has 1 atom stereocenters. The van der Waals surface area contributed by atoms with Crippen LogP contribution in [0.1, 0.15) is 29.2 Å². The van der Waals surface area contributed by atoms with Gasteiger partial charge < -0.3 is 5.11 Å². The quantitative estimate of drug-likeness (QED) is 0.596. The summed E-state index contributed by atoms with van der Waals surface area (Å²) in [5.41, 5.74) is 3.73. The van der Waals surface area contributed by atoms with Crippen molar-refractivity contribution in [2.75, 3.05) is 0 Å². The number of aryl methyl sites for hydroxylation is 2. The maximum absolute atomic E-state index is 9.56. The minimum Gasteiger partial charge on any atom is -0.388 e. The van der Waals surface area contributed by atoms with E-state index in [-0.39, 0.29) is 6.10 Å². The molecule has 0 saturated heterocycles. The largest absolute Gasteiger partial charge is 0.388 e. The van der Waals surface area contributed by atoms with Crippen LogP contribution in [-0.4, -0.2) is 5.11 Å². The van der Waals surface area contributed by atoms with Gasteiger partial charge in [0.25, 0.3) is 0 Å². The highest BCUT2D eigenvalue weighted by Gasteiger charge is 2.20. The van der Waals surface area contributed by atoms with E-state index in [2.05, 4.69) is 25.1 Å². The van der Waals surface area contributed by atoms with Gasteiger partial charge in [-0.1, -0.05) is 18.2 Å². The zero-order chi connectivity index (χ0) is 7.84. The van der Waals surface area contributed by atoms with E-state index >= 15 is 0 Å². The molecule has 0 bridgehead atoms. The van der Waals surface area contributed by atoms with Gasteiger partial charge in [-0.2, -0.15) is 0 Å².